The Morgan fingerprint density at radius 1 is 1.22 bits per heavy atom. The molecule has 1 unspecified atom stereocenters. The maximum absolute atomic E-state index is 10.2. The molecule has 0 aromatic rings. The molecule has 0 aromatic carbocycles. The van der Waals surface area contributed by atoms with Gasteiger partial charge in [0.2, 0.25) is 0 Å². The molecular weight excluding hydrogens is 230 g/mol. The van der Waals surface area contributed by atoms with Gasteiger partial charge >= 0.3 is 0 Å². The fourth-order valence-electron chi connectivity index (χ4n) is 2.89. The Hall–Kier alpha value is -0.160. The van der Waals surface area contributed by atoms with E-state index in [4.69, 9.17) is 9.47 Å². The Balaban J connectivity index is 2.58. The zero-order valence-electron chi connectivity index (χ0n) is 12.7. The largest absolute Gasteiger partial charge is 0.379 e. The molecule has 1 aliphatic heterocycles. The Morgan fingerprint density at radius 3 is 2.11 bits per heavy atom. The zero-order valence-corrected chi connectivity index (χ0v) is 12.7. The molecule has 1 rings (SSSR count). The van der Waals surface area contributed by atoms with E-state index in [0.717, 1.165) is 19.3 Å². The number of hydrogen-bond acceptors (Lipinski definition) is 4. The molecule has 1 aliphatic rings. The van der Waals surface area contributed by atoms with Crippen LogP contribution in [0.3, 0.4) is 0 Å². The SMILES string of the molecule is CCC(COC1CC(C)(C)N(O)C(C)(C)C1)OC. The van der Waals surface area contributed by atoms with Crippen LogP contribution in [0.5, 0.6) is 0 Å². The van der Waals surface area contributed by atoms with Gasteiger partial charge in [-0.25, -0.2) is 0 Å². The molecule has 0 aliphatic carbocycles. The summed E-state index contributed by atoms with van der Waals surface area (Å²) in [7, 11) is 1.72. The highest BCUT2D eigenvalue weighted by molar-refractivity contribution is 4.96. The van der Waals surface area contributed by atoms with E-state index >= 15 is 0 Å². The smallest absolute Gasteiger partial charge is 0.0802 e. The summed E-state index contributed by atoms with van der Waals surface area (Å²) in [6.07, 6.45) is 2.99. The first-order valence-electron chi connectivity index (χ1n) is 6.86. The Bertz CT molecular complexity index is 244. The Kier molecular flexibility index (Phi) is 5.18. The van der Waals surface area contributed by atoms with Crippen molar-refractivity contribution < 1.29 is 14.7 Å². The lowest BCUT2D eigenvalue weighted by Crippen LogP contribution is -2.60. The third kappa shape index (κ3) is 3.67. The van der Waals surface area contributed by atoms with Crippen molar-refractivity contribution in [1.82, 2.24) is 5.06 Å². The normalized spacial score (nSPS) is 26.2. The first kappa shape index (κ1) is 15.9. The second kappa shape index (κ2) is 5.87. The molecule has 0 spiro atoms. The summed E-state index contributed by atoms with van der Waals surface area (Å²) in [6.45, 7) is 10.9. The minimum atomic E-state index is -0.249. The van der Waals surface area contributed by atoms with Crippen LogP contribution in [-0.4, -0.2) is 47.3 Å². The van der Waals surface area contributed by atoms with E-state index in [1.165, 1.54) is 5.06 Å². The van der Waals surface area contributed by atoms with E-state index in [2.05, 4.69) is 34.6 Å². The molecule has 1 N–H and O–H groups in total. The maximum Gasteiger partial charge on any atom is 0.0802 e. The quantitative estimate of drug-likeness (QED) is 0.824. The second-order valence-corrected chi connectivity index (χ2v) is 6.57. The highest BCUT2D eigenvalue weighted by Gasteiger charge is 2.45. The van der Waals surface area contributed by atoms with E-state index in [1.54, 1.807) is 7.11 Å². The van der Waals surface area contributed by atoms with Gasteiger partial charge in [0.25, 0.3) is 0 Å². The van der Waals surface area contributed by atoms with E-state index in [9.17, 15) is 5.21 Å². The van der Waals surface area contributed by atoms with Gasteiger partial charge in [0, 0.05) is 18.2 Å². The average Bonchev–Trinajstić information content (AvgIpc) is 2.26. The van der Waals surface area contributed by atoms with Gasteiger partial charge < -0.3 is 14.7 Å². The number of rotatable bonds is 5. The lowest BCUT2D eigenvalue weighted by molar-refractivity contribution is -0.262. The third-order valence-electron chi connectivity index (χ3n) is 3.91. The van der Waals surface area contributed by atoms with Crippen molar-refractivity contribution in [2.75, 3.05) is 13.7 Å². The molecule has 1 fully saturated rings. The van der Waals surface area contributed by atoms with Gasteiger partial charge in [0.05, 0.1) is 18.8 Å². The molecule has 0 saturated carbocycles. The van der Waals surface area contributed by atoms with Crippen molar-refractivity contribution >= 4 is 0 Å². The van der Waals surface area contributed by atoms with Crippen LogP contribution in [0.2, 0.25) is 0 Å². The summed E-state index contributed by atoms with van der Waals surface area (Å²) in [4.78, 5) is 0. The molecule has 4 heteroatoms. The molecule has 1 atom stereocenters. The maximum atomic E-state index is 10.2. The van der Waals surface area contributed by atoms with Crippen LogP contribution >= 0.6 is 0 Å². The van der Waals surface area contributed by atoms with Gasteiger partial charge in [0.1, 0.15) is 0 Å². The van der Waals surface area contributed by atoms with Crippen LogP contribution in [0, 0.1) is 0 Å². The summed E-state index contributed by atoms with van der Waals surface area (Å²) in [5.74, 6) is 0. The molecule has 0 radical (unpaired) electrons. The molecule has 1 saturated heterocycles. The number of methoxy groups -OCH3 is 1. The minimum Gasteiger partial charge on any atom is -0.379 e. The number of piperidine rings is 1. The summed E-state index contributed by atoms with van der Waals surface area (Å²) in [6, 6.07) is 0. The monoisotopic (exact) mass is 259 g/mol. The lowest BCUT2D eigenvalue weighted by Gasteiger charge is -2.51. The number of nitrogens with zero attached hydrogens (tertiary/aromatic N) is 1. The molecular formula is C14H29NO3. The summed E-state index contributed by atoms with van der Waals surface area (Å²) < 4.78 is 11.3. The second-order valence-electron chi connectivity index (χ2n) is 6.57. The highest BCUT2D eigenvalue weighted by atomic mass is 16.5. The highest BCUT2D eigenvalue weighted by Crippen LogP contribution is 2.37. The predicted molar refractivity (Wildman–Crippen MR) is 71.8 cm³/mol. The molecule has 0 aromatic heterocycles. The van der Waals surface area contributed by atoms with E-state index in [1.807, 2.05) is 0 Å². The van der Waals surface area contributed by atoms with Gasteiger partial charge in [0.15, 0.2) is 0 Å². The number of hydrogen-bond donors (Lipinski definition) is 1. The van der Waals surface area contributed by atoms with Crippen molar-refractivity contribution in [2.45, 2.75) is 77.2 Å². The topological polar surface area (TPSA) is 41.9 Å². The Morgan fingerprint density at radius 2 is 1.72 bits per heavy atom. The number of ether oxygens (including phenoxy) is 2. The van der Waals surface area contributed by atoms with E-state index < -0.39 is 0 Å². The van der Waals surface area contributed by atoms with E-state index in [0.29, 0.717) is 6.61 Å². The summed E-state index contributed by atoms with van der Waals surface area (Å²) >= 11 is 0. The minimum absolute atomic E-state index is 0.170. The Labute approximate surface area is 111 Å². The van der Waals surface area contributed by atoms with Gasteiger partial charge in [-0.2, -0.15) is 5.06 Å². The van der Waals surface area contributed by atoms with Crippen molar-refractivity contribution in [1.29, 1.82) is 0 Å². The van der Waals surface area contributed by atoms with Crippen LogP contribution in [0.25, 0.3) is 0 Å². The van der Waals surface area contributed by atoms with Crippen molar-refractivity contribution in [2.24, 2.45) is 0 Å². The van der Waals surface area contributed by atoms with Gasteiger partial charge in [-0.05, 0) is 47.0 Å². The van der Waals surface area contributed by atoms with Gasteiger partial charge in [-0.1, -0.05) is 6.92 Å². The third-order valence-corrected chi connectivity index (χ3v) is 3.91. The predicted octanol–water partition coefficient (Wildman–Crippen LogP) is 2.84. The molecule has 1 heterocycles. The van der Waals surface area contributed by atoms with Gasteiger partial charge in [-0.3, -0.25) is 0 Å². The standard InChI is InChI=1S/C14H29NO3/c1-7-11(17-6)10-18-12-8-13(2,3)15(16)14(4,5)9-12/h11-12,16H,7-10H2,1-6H3. The van der Waals surface area contributed by atoms with Crippen LogP contribution in [0.1, 0.15) is 53.9 Å². The molecule has 18 heavy (non-hydrogen) atoms. The zero-order chi connectivity index (χ0) is 14.0. The number of hydroxylamine groups is 2. The van der Waals surface area contributed by atoms with Crippen LogP contribution in [-0.2, 0) is 9.47 Å². The van der Waals surface area contributed by atoms with Gasteiger partial charge in [-0.15, -0.1) is 0 Å². The lowest BCUT2D eigenvalue weighted by atomic mass is 9.80. The molecule has 0 amide bonds. The molecule has 4 nitrogen and oxygen atoms in total. The van der Waals surface area contributed by atoms with Crippen molar-refractivity contribution in [3.63, 3.8) is 0 Å². The van der Waals surface area contributed by atoms with Crippen LogP contribution in [0.15, 0.2) is 0 Å². The average molecular weight is 259 g/mol. The van der Waals surface area contributed by atoms with Crippen LogP contribution in [0.4, 0.5) is 0 Å². The fraction of sp³-hybridized carbons (Fsp3) is 1.00. The summed E-state index contributed by atoms with van der Waals surface area (Å²) in [5, 5.41) is 11.7. The van der Waals surface area contributed by atoms with Crippen LogP contribution < -0.4 is 0 Å². The van der Waals surface area contributed by atoms with Crippen molar-refractivity contribution in [3.05, 3.63) is 0 Å². The fourth-order valence-corrected chi connectivity index (χ4v) is 2.89. The first-order chi connectivity index (χ1) is 8.23. The van der Waals surface area contributed by atoms with Crippen molar-refractivity contribution in [3.8, 4) is 0 Å². The van der Waals surface area contributed by atoms with E-state index in [-0.39, 0.29) is 23.3 Å². The molecule has 0 bridgehead atoms. The molecule has 108 valence electrons. The first-order valence-corrected chi connectivity index (χ1v) is 6.86. The summed E-state index contributed by atoms with van der Waals surface area (Å²) in [5.41, 5.74) is -0.498.